The lowest BCUT2D eigenvalue weighted by atomic mass is 9.97. The molecule has 0 saturated carbocycles. The quantitative estimate of drug-likeness (QED) is 0.0431. The van der Waals surface area contributed by atoms with Crippen LogP contribution in [0.4, 0.5) is 22.7 Å². The molecule has 17 heteroatoms. The van der Waals surface area contributed by atoms with E-state index in [0.717, 1.165) is 23.6 Å². The summed E-state index contributed by atoms with van der Waals surface area (Å²) in [5.74, 6) is 0.0292. The number of rotatable bonds is 11. The molecule has 4 rings (SSSR count). The highest BCUT2D eigenvalue weighted by Gasteiger charge is 2.25. The standard InChI is InChI=1S/C11H13NO4S.C10H11NO2.C10H9N.C9H7NO.C6H15N.C2H4.CH3ClO2S/c1-11(13,8-16-17(3,14)15)9-4-6-10(12-2)7-5-9;1-10(13,7-12)8-3-5-9(11-2)6-4-8;1-8(2)9-4-6-10(11-3)7-5-9;1-7(11)8-3-5-9(10-2)6-4-8;1-4-7(5-2)6-3;1-2;1-5(2,3)4/h4-7,13H,8H2,1,3H3;3-6,12-13H,7H2,1H3;4-7H,1H2,2H3;3-6H,1H3;4-6H2,1-3H3;1-2H2;1H3/t11-;10-;;;;;/m11...../s1. The van der Waals surface area contributed by atoms with Gasteiger partial charge in [0.15, 0.2) is 28.5 Å². The molecule has 0 amide bonds. The van der Waals surface area contributed by atoms with Gasteiger partial charge in [-0.3, -0.25) is 8.98 Å². The van der Waals surface area contributed by atoms with Gasteiger partial charge < -0.3 is 20.2 Å². The Morgan fingerprint density at radius 3 is 1.12 bits per heavy atom. The number of allylic oxidation sites excluding steroid dienone is 1. The van der Waals surface area contributed by atoms with Crippen molar-refractivity contribution in [1.29, 1.82) is 0 Å². The van der Waals surface area contributed by atoms with Gasteiger partial charge in [0.05, 0.1) is 52.0 Å². The molecule has 4 aromatic carbocycles. The zero-order valence-corrected chi connectivity index (χ0v) is 41.5. The molecule has 0 aliphatic heterocycles. The lowest BCUT2D eigenvalue weighted by molar-refractivity contribution is -0.00227. The number of aliphatic hydroxyl groups is 3. The first-order valence-corrected chi connectivity index (χ1v) is 24.3. The van der Waals surface area contributed by atoms with Crippen molar-refractivity contribution < 1.29 is 41.1 Å². The van der Waals surface area contributed by atoms with E-state index < -0.39 is 30.4 Å². The number of carbonyl (C=O) groups excluding carboxylic acids is 1. The van der Waals surface area contributed by atoms with E-state index in [9.17, 15) is 31.8 Å². The maximum Gasteiger partial charge on any atom is 0.264 e. The van der Waals surface area contributed by atoms with E-state index in [2.05, 4.69) is 79.7 Å². The molecule has 3 N–H and O–H groups in total. The Hall–Kier alpha value is -6.02. The Bertz CT molecular complexity index is 2370. The second-order valence-electron chi connectivity index (χ2n) is 13.9. The zero-order chi connectivity index (χ0) is 51.7. The van der Waals surface area contributed by atoms with Crippen molar-refractivity contribution in [2.75, 3.05) is 45.4 Å². The first-order valence-electron chi connectivity index (χ1n) is 19.8. The minimum atomic E-state index is -3.59. The van der Waals surface area contributed by atoms with E-state index in [1.165, 1.54) is 40.4 Å². The number of aliphatic hydroxyl groups excluding tert-OH is 1. The van der Waals surface area contributed by atoms with Gasteiger partial charge in [0.25, 0.3) is 10.1 Å². The molecule has 0 aliphatic rings. The molecule has 0 unspecified atom stereocenters. The number of hydrogen-bond acceptors (Lipinski definition) is 10. The first-order chi connectivity index (χ1) is 30.7. The predicted octanol–water partition coefficient (Wildman–Crippen LogP) is 10.9. The van der Waals surface area contributed by atoms with Crippen LogP contribution in [0.1, 0.15) is 75.5 Å². The average Bonchev–Trinajstić information content (AvgIpc) is 3.29. The molecule has 0 bridgehead atoms. The van der Waals surface area contributed by atoms with Gasteiger partial charge in [0.2, 0.25) is 9.05 Å². The third-order valence-electron chi connectivity index (χ3n) is 8.33. The van der Waals surface area contributed by atoms with E-state index >= 15 is 0 Å². The van der Waals surface area contributed by atoms with Crippen LogP contribution in [0, 0.1) is 26.3 Å². The average molecular weight is 965 g/mol. The maximum atomic E-state index is 10.8. The summed E-state index contributed by atoms with van der Waals surface area (Å²) in [6, 6.07) is 26.8. The summed E-state index contributed by atoms with van der Waals surface area (Å²) in [6.45, 7) is 52.6. The molecule has 66 heavy (non-hydrogen) atoms. The molecule has 0 radical (unpaired) electrons. The normalized spacial score (nSPS) is 11.7. The second kappa shape index (κ2) is 33.5. The second-order valence-corrected chi connectivity index (χ2v) is 18.6. The smallest absolute Gasteiger partial charge is 0.264 e. The molecular formula is C49H62ClN5O9S2. The molecule has 0 saturated heterocycles. The summed E-state index contributed by atoms with van der Waals surface area (Å²) in [7, 11) is -2.28. The van der Waals surface area contributed by atoms with E-state index in [1.54, 1.807) is 84.9 Å². The molecule has 4 aromatic rings. The van der Waals surface area contributed by atoms with Gasteiger partial charge in [-0.05, 0) is 64.0 Å². The van der Waals surface area contributed by atoms with E-state index in [1.807, 2.05) is 19.1 Å². The molecular weight excluding hydrogens is 902 g/mol. The SMILES string of the molecule is C=C.CCN(CC)CC.CS(=O)(=O)Cl.[C-]#[N+]c1ccc(C(=C)C)cc1.[C-]#[N+]c1ccc(C(C)=O)cc1.[C-]#[N+]c1ccc([C@](C)(O)CO)cc1.[C-]#[N+]c1ccc([C@](C)(O)COS(C)(=O)=O)cc1. The number of Topliss-reactive ketones (excluding diaryl/α,β-unsaturated/α-hetero) is 1. The van der Waals surface area contributed by atoms with Crippen LogP contribution in [0.3, 0.4) is 0 Å². The van der Waals surface area contributed by atoms with Crippen molar-refractivity contribution >= 4 is 64.0 Å². The summed E-state index contributed by atoms with van der Waals surface area (Å²) in [6.07, 6.45) is 1.85. The Morgan fingerprint density at radius 2 is 0.909 bits per heavy atom. The summed E-state index contributed by atoms with van der Waals surface area (Å²) in [5.41, 5.74) is 3.47. The van der Waals surface area contributed by atoms with Gasteiger partial charge in [-0.2, -0.15) is 8.42 Å². The first kappa shape index (κ1) is 64.3. The Balaban J connectivity index is -0.000000740. The minimum Gasteiger partial charge on any atom is -0.393 e. The Kier molecular flexibility index (Phi) is 32.6. The van der Waals surface area contributed by atoms with Crippen molar-refractivity contribution in [2.24, 2.45) is 0 Å². The molecule has 0 fully saturated rings. The fourth-order valence-corrected chi connectivity index (χ4v) is 4.89. The van der Waals surface area contributed by atoms with Crippen LogP contribution >= 0.6 is 10.7 Å². The summed E-state index contributed by atoms with van der Waals surface area (Å²) < 4.78 is 45.0. The number of halogens is 1. The number of carbonyl (C=O) groups is 1. The van der Waals surface area contributed by atoms with Gasteiger partial charge >= 0.3 is 0 Å². The third-order valence-corrected chi connectivity index (χ3v) is 8.88. The van der Waals surface area contributed by atoms with Crippen molar-refractivity contribution in [3.8, 4) is 0 Å². The van der Waals surface area contributed by atoms with Gasteiger partial charge in [0, 0.05) is 16.2 Å². The number of benzene rings is 4. The molecule has 0 aliphatic carbocycles. The summed E-state index contributed by atoms with van der Waals surface area (Å²) in [4.78, 5) is 26.1. The van der Waals surface area contributed by atoms with Crippen LogP contribution in [0.5, 0.6) is 0 Å². The van der Waals surface area contributed by atoms with E-state index in [-0.39, 0.29) is 19.0 Å². The highest BCUT2D eigenvalue weighted by Crippen LogP contribution is 2.25. The van der Waals surface area contributed by atoms with Crippen molar-refractivity contribution in [2.45, 2.75) is 59.7 Å². The highest BCUT2D eigenvalue weighted by molar-refractivity contribution is 8.13. The van der Waals surface area contributed by atoms with Crippen molar-refractivity contribution in [1.82, 2.24) is 4.90 Å². The van der Waals surface area contributed by atoms with Crippen LogP contribution in [0.25, 0.3) is 25.0 Å². The monoisotopic (exact) mass is 963 g/mol. The number of nitrogens with zero attached hydrogens (tertiary/aromatic N) is 5. The minimum absolute atomic E-state index is 0.0292. The van der Waals surface area contributed by atoms with Crippen LogP contribution in [0.2, 0.25) is 0 Å². The van der Waals surface area contributed by atoms with Gasteiger partial charge in [0.1, 0.15) is 11.2 Å². The lowest BCUT2D eigenvalue weighted by Gasteiger charge is -2.22. The lowest BCUT2D eigenvalue weighted by Crippen LogP contribution is -2.29. The molecule has 2 atom stereocenters. The maximum absolute atomic E-state index is 10.8. The van der Waals surface area contributed by atoms with Crippen LogP contribution in [0.15, 0.2) is 117 Å². The Labute approximate surface area is 397 Å². The van der Waals surface area contributed by atoms with Gasteiger partial charge in [-0.25, -0.2) is 27.8 Å². The number of ketones is 1. The van der Waals surface area contributed by atoms with Crippen molar-refractivity contribution in [3.63, 3.8) is 0 Å². The predicted molar refractivity (Wildman–Crippen MR) is 268 cm³/mol. The fraction of sp³-hybridized carbons (Fsp3) is 0.327. The largest absolute Gasteiger partial charge is 0.393 e. The Morgan fingerprint density at radius 1 is 0.636 bits per heavy atom. The van der Waals surface area contributed by atoms with Crippen molar-refractivity contribution in [3.05, 3.63) is 185 Å². The van der Waals surface area contributed by atoms with E-state index in [4.69, 9.17) is 31.4 Å². The fourth-order valence-electron chi connectivity index (χ4n) is 4.45. The van der Waals surface area contributed by atoms with Gasteiger partial charge in [-0.15, -0.1) is 13.2 Å². The molecule has 356 valence electrons. The summed E-state index contributed by atoms with van der Waals surface area (Å²) >= 11 is 0. The van der Waals surface area contributed by atoms with Gasteiger partial charge in [-0.1, -0.05) is 130 Å². The third kappa shape index (κ3) is 31.0. The number of hydrogen-bond donors (Lipinski definition) is 3. The van der Waals surface area contributed by atoms with Crippen LogP contribution in [-0.2, 0) is 34.6 Å². The zero-order valence-electron chi connectivity index (χ0n) is 39.1. The molecule has 0 spiro atoms. The van der Waals surface area contributed by atoms with Crippen LogP contribution < -0.4 is 0 Å². The summed E-state index contributed by atoms with van der Waals surface area (Å²) in [5, 5.41) is 28.5. The topological polar surface area (TPSA) is 176 Å². The van der Waals surface area contributed by atoms with E-state index in [0.29, 0.717) is 39.4 Å². The molecule has 0 heterocycles. The highest BCUT2D eigenvalue weighted by atomic mass is 35.7. The molecule has 14 nitrogen and oxygen atoms in total. The molecule has 0 aromatic heterocycles. The van der Waals surface area contributed by atoms with Crippen LogP contribution in [-0.4, -0.2) is 88.2 Å².